The van der Waals surface area contributed by atoms with Gasteiger partial charge in [-0.3, -0.25) is 0 Å². The maximum absolute atomic E-state index is 12.2. The summed E-state index contributed by atoms with van der Waals surface area (Å²) < 4.78 is 15.0. The lowest BCUT2D eigenvalue weighted by Gasteiger charge is -2.32. The first-order chi connectivity index (χ1) is 11.0. The first-order valence-corrected chi connectivity index (χ1v) is 8.22. The molecular weight excluding hydrogens is 342 g/mol. The first-order valence-electron chi connectivity index (χ1n) is 6.62. The van der Waals surface area contributed by atoms with Gasteiger partial charge in [0.1, 0.15) is 12.4 Å². The Hall–Kier alpha value is -1.70. The second kappa shape index (κ2) is 7.72. The number of thioether (sulfide) groups is 1. The van der Waals surface area contributed by atoms with Gasteiger partial charge in [-0.05, 0) is 24.5 Å². The number of hydrogen-bond acceptors (Lipinski definition) is 7. The summed E-state index contributed by atoms with van der Waals surface area (Å²) in [5, 5.41) is 0.507. The number of rotatable bonds is 4. The first kappa shape index (κ1) is 17.7. The van der Waals surface area contributed by atoms with E-state index in [4.69, 9.17) is 25.8 Å². The zero-order chi connectivity index (χ0) is 17.0. The average Bonchev–Trinajstić information content (AvgIpc) is 2.59. The number of benzene rings is 1. The van der Waals surface area contributed by atoms with Gasteiger partial charge < -0.3 is 19.1 Å². The van der Waals surface area contributed by atoms with Crippen LogP contribution in [0.3, 0.4) is 0 Å². The topological polar surface area (TPSA) is 65.1 Å². The Morgan fingerprint density at radius 2 is 1.96 bits per heavy atom. The Balaban J connectivity index is 2.62. The number of carbonyl (C=O) groups is 2. The minimum absolute atomic E-state index is 0.0250. The van der Waals surface area contributed by atoms with Gasteiger partial charge in [0.2, 0.25) is 0 Å². The van der Waals surface area contributed by atoms with Crippen molar-refractivity contribution in [2.75, 3.05) is 38.7 Å². The smallest absolute Gasteiger partial charge is 0.355 e. The molecule has 6 nitrogen and oxygen atoms in total. The van der Waals surface area contributed by atoms with E-state index in [1.54, 1.807) is 17.0 Å². The summed E-state index contributed by atoms with van der Waals surface area (Å²) in [6.07, 6.45) is 1.90. The molecule has 0 atom stereocenters. The molecule has 0 fully saturated rings. The van der Waals surface area contributed by atoms with Crippen molar-refractivity contribution in [2.24, 2.45) is 0 Å². The normalized spacial score (nSPS) is 14.7. The van der Waals surface area contributed by atoms with Gasteiger partial charge in [-0.25, -0.2) is 9.59 Å². The fraction of sp³-hybridized carbons (Fsp3) is 0.333. The lowest BCUT2D eigenvalue weighted by atomic mass is 10.1. The van der Waals surface area contributed by atoms with Crippen molar-refractivity contribution < 1.29 is 23.8 Å². The molecule has 1 heterocycles. The highest BCUT2D eigenvalue weighted by atomic mass is 35.5. The fourth-order valence-corrected chi connectivity index (χ4v) is 2.96. The number of nitrogens with zero attached hydrogens (tertiary/aromatic N) is 1. The van der Waals surface area contributed by atoms with E-state index in [1.807, 2.05) is 12.3 Å². The molecule has 8 heteroatoms. The number of esters is 2. The van der Waals surface area contributed by atoms with E-state index < -0.39 is 11.9 Å². The van der Waals surface area contributed by atoms with E-state index in [0.717, 1.165) is 4.90 Å². The Bertz CT molecular complexity index is 661. The van der Waals surface area contributed by atoms with Crippen LogP contribution in [0.4, 0.5) is 5.69 Å². The summed E-state index contributed by atoms with van der Waals surface area (Å²) in [6, 6.07) is 5.30. The molecule has 1 aliphatic rings. The fourth-order valence-electron chi connectivity index (χ4n) is 2.21. The Morgan fingerprint density at radius 1 is 1.26 bits per heavy atom. The Morgan fingerprint density at radius 3 is 2.57 bits per heavy atom. The molecule has 0 bridgehead atoms. The van der Waals surface area contributed by atoms with Crippen LogP contribution in [-0.4, -0.2) is 45.8 Å². The van der Waals surface area contributed by atoms with Crippen molar-refractivity contribution >= 4 is 41.0 Å². The summed E-state index contributed by atoms with van der Waals surface area (Å²) in [5.74, 6) is -1.27. The average molecular weight is 358 g/mol. The maximum Gasteiger partial charge on any atom is 0.355 e. The molecule has 2 rings (SSSR count). The van der Waals surface area contributed by atoms with Gasteiger partial charge in [0.25, 0.3) is 0 Å². The van der Waals surface area contributed by atoms with Crippen LogP contribution < -0.4 is 4.90 Å². The van der Waals surface area contributed by atoms with E-state index in [-0.39, 0.29) is 24.6 Å². The summed E-state index contributed by atoms with van der Waals surface area (Å²) in [7, 11) is 2.50. The Kier molecular flexibility index (Phi) is 5.92. The second-order valence-corrected chi connectivity index (χ2v) is 5.82. The third kappa shape index (κ3) is 3.63. The molecule has 0 aliphatic carbocycles. The molecule has 124 valence electrons. The standard InChI is InChI=1S/C15H16ClNO5S/c1-20-14(18)10-7-22-8-17(13(10)15(19)21-2)11-6-9(16)4-5-12(11)23-3/h4-6H,7-8H2,1-3H3. The van der Waals surface area contributed by atoms with Crippen molar-refractivity contribution in [2.45, 2.75) is 4.90 Å². The van der Waals surface area contributed by atoms with Crippen LogP contribution in [0.15, 0.2) is 34.4 Å². The number of carbonyl (C=O) groups excluding carboxylic acids is 2. The van der Waals surface area contributed by atoms with E-state index >= 15 is 0 Å². The van der Waals surface area contributed by atoms with Crippen molar-refractivity contribution in [1.29, 1.82) is 0 Å². The van der Waals surface area contributed by atoms with Crippen LogP contribution in [-0.2, 0) is 23.8 Å². The minimum atomic E-state index is -0.638. The predicted molar refractivity (Wildman–Crippen MR) is 87.6 cm³/mol. The quantitative estimate of drug-likeness (QED) is 0.605. The zero-order valence-corrected chi connectivity index (χ0v) is 14.5. The molecule has 0 saturated carbocycles. The molecule has 0 aromatic heterocycles. The van der Waals surface area contributed by atoms with Crippen LogP contribution in [0.2, 0.25) is 5.02 Å². The molecule has 1 aromatic carbocycles. The number of halogens is 1. The summed E-state index contributed by atoms with van der Waals surface area (Å²) in [6.45, 7) is 0.0710. The van der Waals surface area contributed by atoms with Crippen molar-refractivity contribution in [3.05, 3.63) is 34.5 Å². The SMILES string of the molecule is COC(=O)C1=C(C(=O)OC)N(c2cc(Cl)ccc2SC)COC1. The van der Waals surface area contributed by atoms with Crippen LogP contribution in [0.1, 0.15) is 0 Å². The lowest BCUT2D eigenvalue weighted by molar-refractivity contribution is -0.140. The maximum atomic E-state index is 12.2. The number of methoxy groups -OCH3 is 2. The van der Waals surface area contributed by atoms with Crippen LogP contribution in [0.5, 0.6) is 0 Å². The van der Waals surface area contributed by atoms with Crippen molar-refractivity contribution in [3.63, 3.8) is 0 Å². The lowest BCUT2D eigenvalue weighted by Crippen LogP contribution is -2.39. The minimum Gasteiger partial charge on any atom is -0.466 e. The molecular formula is C15H16ClNO5S. The third-order valence-corrected chi connectivity index (χ3v) is 4.28. The molecule has 0 amide bonds. The van der Waals surface area contributed by atoms with Gasteiger partial charge in [0.15, 0.2) is 0 Å². The summed E-state index contributed by atoms with van der Waals surface area (Å²) in [5.41, 5.74) is 0.868. The molecule has 1 aromatic rings. The number of hydrogen-bond donors (Lipinski definition) is 0. The van der Waals surface area contributed by atoms with Gasteiger partial charge in [-0.2, -0.15) is 0 Å². The van der Waals surface area contributed by atoms with Crippen LogP contribution >= 0.6 is 23.4 Å². The van der Waals surface area contributed by atoms with Gasteiger partial charge in [0.05, 0.1) is 32.1 Å². The highest BCUT2D eigenvalue weighted by Crippen LogP contribution is 2.35. The molecule has 0 radical (unpaired) electrons. The van der Waals surface area contributed by atoms with E-state index in [9.17, 15) is 9.59 Å². The predicted octanol–water partition coefficient (Wildman–Crippen LogP) is 2.46. The molecule has 0 N–H and O–H groups in total. The van der Waals surface area contributed by atoms with Crippen molar-refractivity contribution in [1.82, 2.24) is 0 Å². The van der Waals surface area contributed by atoms with E-state index in [0.29, 0.717) is 10.7 Å². The largest absolute Gasteiger partial charge is 0.466 e. The molecule has 0 spiro atoms. The highest BCUT2D eigenvalue weighted by Gasteiger charge is 2.33. The second-order valence-electron chi connectivity index (χ2n) is 4.53. The summed E-state index contributed by atoms with van der Waals surface area (Å²) >= 11 is 7.57. The van der Waals surface area contributed by atoms with Gasteiger partial charge in [-0.1, -0.05) is 11.6 Å². The third-order valence-electron chi connectivity index (χ3n) is 3.26. The van der Waals surface area contributed by atoms with Crippen LogP contribution in [0.25, 0.3) is 0 Å². The monoisotopic (exact) mass is 357 g/mol. The molecule has 0 unspecified atom stereocenters. The number of anilines is 1. The summed E-state index contributed by atoms with van der Waals surface area (Å²) in [4.78, 5) is 26.7. The Labute approximate surface area is 143 Å². The van der Waals surface area contributed by atoms with Gasteiger partial charge >= 0.3 is 11.9 Å². The van der Waals surface area contributed by atoms with Gasteiger partial charge in [0, 0.05) is 9.92 Å². The van der Waals surface area contributed by atoms with E-state index in [1.165, 1.54) is 26.0 Å². The van der Waals surface area contributed by atoms with Crippen molar-refractivity contribution in [3.8, 4) is 0 Å². The molecule has 1 aliphatic heterocycles. The molecule has 23 heavy (non-hydrogen) atoms. The number of ether oxygens (including phenoxy) is 3. The zero-order valence-electron chi connectivity index (χ0n) is 12.9. The van der Waals surface area contributed by atoms with Crippen LogP contribution in [0, 0.1) is 0 Å². The van der Waals surface area contributed by atoms with E-state index in [2.05, 4.69) is 0 Å². The molecule has 0 saturated heterocycles. The highest BCUT2D eigenvalue weighted by molar-refractivity contribution is 7.98. The van der Waals surface area contributed by atoms with Gasteiger partial charge in [-0.15, -0.1) is 11.8 Å².